The molecule has 26 heavy (non-hydrogen) atoms. The zero-order chi connectivity index (χ0) is 18.9. The molecule has 2 amide bonds. The smallest absolute Gasteiger partial charge is 0.335 e. The van der Waals surface area contributed by atoms with Gasteiger partial charge in [0.2, 0.25) is 5.91 Å². The van der Waals surface area contributed by atoms with Crippen LogP contribution >= 0.6 is 0 Å². The minimum atomic E-state index is -0.969. The summed E-state index contributed by atoms with van der Waals surface area (Å²) in [5, 5.41) is 14.4. The molecule has 0 aliphatic carbocycles. The molecule has 0 saturated heterocycles. The predicted octanol–water partition coefficient (Wildman–Crippen LogP) is 2.16. The van der Waals surface area contributed by atoms with Gasteiger partial charge in [-0.05, 0) is 43.5 Å². The highest BCUT2D eigenvalue weighted by atomic mass is 16.4. The first-order valence-electron chi connectivity index (χ1n) is 8.38. The lowest BCUT2D eigenvalue weighted by Crippen LogP contribution is -2.30. The van der Waals surface area contributed by atoms with Gasteiger partial charge in [-0.3, -0.25) is 9.59 Å². The van der Waals surface area contributed by atoms with E-state index in [-0.39, 0.29) is 17.4 Å². The maximum absolute atomic E-state index is 11.8. The molecular weight excluding hydrogens is 336 g/mol. The summed E-state index contributed by atoms with van der Waals surface area (Å²) < 4.78 is 5.10. The van der Waals surface area contributed by atoms with E-state index < -0.39 is 5.97 Å². The van der Waals surface area contributed by atoms with Gasteiger partial charge in [-0.15, -0.1) is 0 Å². The first kappa shape index (κ1) is 19.2. The molecule has 1 aromatic carbocycles. The molecule has 138 valence electrons. The fraction of sp³-hybridized carbons (Fsp3) is 0.316. The number of furan rings is 1. The molecule has 0 aliphatic rings. The largest absolute Gasteiger partial charge is 0.478 e. The minimum absolute atomic E-state index is 0.0829. The van der Waals surface area contributed by atoms with Crippen LogP contribution in [-0.2, 0) is 11.2 Å². The molecule has 2 aromatic rings. The van der Waals surface area contributed by atoms with Gasteiger partial charge in [0.15, 0.2) is 5.76 Å². The maximum Gasteiger partial charge on any atom is 0.335 e. The van der Waals surface area contributed by atoms with Crippen molar-refractivity contribution in [1.29, 1.82) is 0 Å². The molecule has 1 aromatic heterocycles. The van der Waals surface area contributed by atoms with Crippen molar-refractivity contribution in [3.8, 4) is 0 Å². The molecule has 3 N–H and O–H groups in total. The molecule has 0 atom stereocenters. The van der Waals surface area contributed by atoms with Crippen LogP contribution in [0.4, 0.5) is 0 Å². The number of nitrogens with one attached hydrogen (secondary N) is 2. The first-order chi connectivity index (χ1) is 12.5. The van der Waals surface area contributed by atoms with Crippen molar-refractivity contribution in [2.24, 2.45) is 0 Å². The molecule has 0 aliphatic heterocycles. The van der Waals surface area contributed by atoms with E-state index in [1.807, 2.05) is 0 Å². The summed E-state index contributed by atoms with van der Waals surface area (Å²) in [6, 6.07) is 8.20. The van der Waals surface area contributed by atoms with E-state index in [2.05, 4.69) is 10.6 Å². The SMILES string of the molecule is Cc1ccoc1C(=O)NCCCNC(=O)CCc1ccc(C(=O)O)cc1. The summed E-state index contributed by atoms with van der Waals surface area (Å²) in [7, 11) is 0. The van der Waals surface area contributed by atoms with E-state index in [0.29, 0.717) is 38.1 Å². The molecule has 0 radical (unpaired) electrons. The number of benzene rings is 1. The Kier molecular flexibility index (Phi) is 6.96. The standard InChI is InChI=1S/C19H22N2O5/c1-13-9-12-26-17(13)18(23)21-11-2-10-20-16(22)8-5-14-3-6-15(7-4-14)19(24)25/h3-4,6-7,9,12H,2,5,8,10-11H2,1H3,(H,20,22)(H,21,23)(H,24,25). The van der Waals surface area contributed by atoms with Crippen LogP contribution in [0.1, 0.15) is 44.9 Å². The van der Waals surface area contributed by atoms with Crippen molar-refractivity contribution in [2.45, 2.75) is 26.2 Å². The Bertz CT molecular complexity index is 764. The zero-order valence-electron chi connectivity index (χ0n) is 14.6. The summed E-state index contributed by atoms with van der Waals surface area (Å²) in [5.41, 5.74) is 1.92. The Morgan fingerprint density at radius 3 is 2.35 bits per heavy atom. The third kappa shape index (κ3) is 5.77. The quantitative estimate of drug-likeness (QED) is 0.595. The summed E-state index contributed by atoms with van der Waals surface area (Å²) in [5.74, 6) is -1.00. The van der Waals surface area contributed by atoms with Crippen LogP contribution in [0.3, 0.4) is 0 Å². The lowest BCUT2D eigenvalue weighted by atomic mass is 10.1. The summed E-state index contributed by atoms with van der Waals surface area (Å²) >= 11 is 0. The van der Waals surface area contributed by atoms with E-state index in [1.165, 1.54) is 18.4 Å². The molecule has 0 bridgehead atoms. The van der Waals surface area contributed by atoms with E-state index in [0.717, 1.165) is 11.1 Å². The van der Waals surface area contributed by atoms with Gasteiger partial charge < -0.3 is 20.2 Å². The first-order valence-corrected chi connectivity index (χ1v) is 8.38. The molecule has 7 heteroatoms. The van der Waals surface area contributed by atoms with Gasteiger partial charge in [-0.1, -0.05) is 12.1 Å². The van der Waals surface area contributed by atoms with Gasteiger partial charge in [-0.2, -0.15) is 0 Å². The van der Waals surface area contributed by atoms with Crippen LogP contribution in [0.15, 0.2) is 41.0 Å². The number of aryl methyl sites for hydroxylation is 2. The van der Waals surface area contributed by atoms with Crippen LogP contribution in [0.5, 0.6) is 0 Å². The molecule has 7 nitrogen and oxygen atoms in total. The Balaban J connectivity index is 1.59. The van der Waals surface area contributed by atoms with Crippen molar-refractivity contribution < 1.29 is 23.9 Å². The number of hydrogen-bond donors (Lipinski definition) is 3. The number of carboxylic acid groups (broad SMARTS) is 1. The topological polar surface area (TPSA) is 109 Å². The molecule has 0 fully saturated rings. The molecule has 0 saturated carbocycles. The number of amides is 2. The summed E-state index contributed by atoms with van der Waals surface area (Å²) in [6.45, 7) is 2.71. The summed E-state index contributed by atoms with van der Waals surface area (Å²) in [4.78, 5) is 34.4. The van der Waals surface area contributed by atoms with Crippen LogP contribution < -0.4 is 10.6 Å². The van der Waals surface area contributed by atoms with Gasteiger partial charge in [-0.25, -0.2) is 4.79 Å². The predicted molar refractivity (Wildman–Crippen MR) is 95.1 cm³/mol. The van der Waals surface area contributed by atoms with Gasteiger partial charge in [0.05, 0.1) is 11.8 Å². The number of hydrogen-bond acceptors (Lipinski definition) is 4. The van der Waals surface area contributed by atoms with Crippen molar-refractivity contribution in [1.82, 2.24) is 10.6 Å². The van der Waals surface area contributed by atoms with E-state index in [9.17, 15) is 14.4 Å². The summed E-state index contributed by atoms with van der Waals surface area (Å²) in [6.07, 6.45) is 2.95. The lowest BCUT2D eigenvalue weighted by Gasteiger charge is -2.07. The van der Waals surface area contributed by atoms with E-state index in [4.69, 9.17) is 9.52 Å². The second-order valence-electron chi connectivity index (χ2n) is 5.89. The Labute approximate surface area is 151 Å². The van der Waals surface area contributed by atoms with Crippen molar-refractivity contribution >= 4 is 17.8 Å². The van der Waals surface area contributed by atoms with E-state index >= 15 is 0 Å². The Morgan fingerprint density at radius 1 is 1.04 bits per heavy atom. The zero-order valence-corrected chi connectivity index (χ0v) is 14.6. The third-order valence-corrected chi connectivity index (χ3v) is 3.87. The average molecular weight is 358 g/mol. The van der Waals surface area contributed by atoms with E-state index in [1.54, 1.807) is 25.1 Å². The monoisotopic (exact) mass is 358 g/mol. The van der Waals surface area contributed by atoms with Gasteiger partial charge in [0.25, 0.3) is 5.91 Å². The van der Waals surface area contributed by atoms with Crippen LogP contribution in [0.25, 0.3) is 0 Å². The normalized spacial score (nSPS) is 10.3. The van der Waals surface area contributed by atoms with Crippen LogP contribution in [0, 0.1) is 6.92 Å². The number of carbonyl (C=O) groups excluding carboxylic acids is 2. The second-order valence-corrected chi connectivity index (χ2v) is 5.89. The van der Waals surface area contributed by atoms with Crippen molar-refractivity contribution in [3.63, 3.8) is 0 Å². The molecule has 0 unspecified atom stereocenters. The Hall–Kier alpha value is -3.09. The fourth-order valence-corrected chi connectivity index (χ4v) is 2.36. The lowest BCUT2D eigenvalue weighted by molar-refractivity contribution is -0.121. The maximum atomic E-state index is 11.8. The highest BCUT2D eigenvalue weighted by Gasteiger charge is 2.11. The molecular formula is C19H22N2O5. The van der Waals surface area contributed by atoms with Gasteiger partial charge in [0.1, 0.15) is 0 Å². The average Bonchev–Trinajstić information content (AvgIpc) is 3.06. The second kappa shape index (κ2) is 9.41. The fourth-order valence-electron chi connectivity index (χ4n) is 2.36. The van der Waals surface area contributed by atoms with Crippen LogP contribution in [0.2, 0.25) is 0 Å². The van der Waals surface area contributed by atoms with Crippen LogP contribution in [-0.4, -0.2) is 36.0 Å². The molecule has 1 heterocycles. The highest BCUT2D eigenvalue weighted by Crippen LogP contribution is 2.08. The minimum Gasteiger partial charge on any atom is -0.478 e. The molecule has 2 rings (SSSR count). The number of rotatable bonds is 9. The number of aromatic carboxylic acids is 1. The number of carbonyl (C=O) groups is 3. The van der Waals surface area contributed by atoms with Crippen molar-refractivity contribution in [2.75, 3.05) is 13.1 Å². The number of carboxylic acids is 1. The third-order valence-electron chi connectivity index (χ3n) is 3.87. The van der Waals surface area contributed by atoms with Crippen molar-refractivity contribution in [3.05, 3.63) is 59.0 Å². The molecule has 0 spiro atoms. The highest BCUT2D eigenvalue weighted by molar-refractivity contribution is 5.92. The van der Waals surface area contributed by atoms with Gasteiger partial charge in [0, 0.05) is 25.1 Å². The van der Waals surface area contributed by atoms with Gasteiger partial charge >= 0.3 is 5.97 Å². The Morgan fingerprint density at radius 2 is 1.73 bits per heavy atom.